The molecule has 0 saturated carbocycles. The van der Waals surface area contributed by atoms with Crippen LogP contribution in [0.4, 0.5) is 5.69 Å². The van der Waals surface area contributed by atoms with E-state index >= 15 is 0 Å². The second-order valence-corrected chi connectivity index (χ2v) is 5.60. The number of carbonyl (C=O) groups excluding carboxylic acids is 1. The van der Waals surface area contributed by atoms with Crippen LogP contribution in [-0.2, 0) is 16.0 Å². The van der Waals surface area contributed by atoms with Crippen LogP contribution in [0.1, 0.15) is 18.9 Å². The number of para-hydroxylation sites is 1. The molecule has 0 radical (unpaired) electrons. The van der Waals surface area contributed by atoms with Crippen LogP contribution in [0.5, 0.6) is 0 Å². The summed E-state index contributed by atoms with van der Waals surface area (Å²) in [5, 5.41) is 0. The van der Waals surface area contributed by atoms with Crippen LogP contribution in [0.25, 0.3) is 0 Å². The van der Waals surface area contributed by atoms with Gasteiger partial charge in [-0.15, -0.1) is 0 Å². The summed E-state index contributed by atoms with van der Waals surface area (Å²) >= 11 is 0. The highest BCUT2D eigenvalue weighted by Gasteiger charge is 2.37. The van der Waals surface area contributed by atoms with Crippen LogP contribution in [0.2, 0.25) is 0 Å². The Balaban J connectivity index is 1.90. The maximum Gasteiger partial charge on any atom is 0.256 e. The Morgan fingerprint density at radius 2 is 2.21 bits per heavy atom. The Kier molecular flexibility index (Phi) is 3.29. The highest BCUT2D eigenvalue weighted by atomic mass is 16.5. The summed E-state index contributed by atoms with van der Waals surface area (Å²) in [6.07, 6.45) is 1.48. The first-order chi connectivity index (χ1) is 9.16. The lowest BCUT2D eigenvalue weighted by Gasteiger charge is -2.35. The summed E-state index contributed by atoms with van der Waals surface area (Å²) in [7, 11) is 0. The third-order valence-corrected chi connectivity index (χ3v) is 4.08. The van der Waals surface area contributed by atoms with Gasteiger partial charge in [-0.05, 0) is 30.4 Å². The van der Waals surface area contributed by atoms with Gasteiger partial charge in [-0.2, -0.15) is 0 Å². The Labute approximate surface area is 113 Å². The zero-order chi connectivity index (χ0) is 13.4. The smallest absolute Gasteiger partial charge is 0.256 e. The molecule has 1 aromatic carbocycles. The minimum atomic E-state index is -0.307. The van der Waals surface area contributed by atoms with Gasteiger partial charge in [0.15, 0.2) is 0 Å². The normalized spacial score (nSPS) is 30.2. The zero-order valence-corrected chi connectivity index (χ0v) is 11.2. The average Bonchev–Trinajstić information content (AvgIpc) is 2.83. The minimum Gasteiger partial charge on any atom is -0.368 e. The van der Waals surface area contributed by atoms with E-state index in [2.05, 4.69) is 6.92 Å². The van der Waals surface area contributed by atoms with Crippen LogP contribution < -0.4 is 10.6 Å². The van der Waals surface area contributed by atoms with Gasteiger partial charge in [0.25, 0.3) is 5.91 Å². The summed E-state index contributed by atoms with van der Waals surface area (Å²) in [5.74, 6) is 0.352. The van der Waals surface area contributed by atoms with Gasteiger partial charge in [0, 0.05) is 24.9 Å². The van der Waals surface area contributed by atoms with Crippen molar-refractivity contribution >= 4 is 11.6 Å². The van der Waals surface area contributed by atoms with Crippen molar-refractivity contribution in [2.45, 2.75) is 31.9 Å². The molecule has 4 nitrogen and oxygen atoms in total. The molecule has 3 unspecified atom stereocenters. The molecule has 3 atom stereocenters. The van der Waals surface area contributed by atoms with Crippen LogP contribution in [0.15, 0.2) is 24.3 Å². The highest BCUT2D eigenvalue weighted by molar-refractivity contribution is 5.98. The Bertz CT molecular complexity index is 489. The lowest BCUT2D eigenvalue weighted by atomic mass is 9.96. The van der Waals surface area contributed by atoms with E-state index < -0.39 is 0 Å². The first-order valence-corrected chi connectivity index (χ1v) is 6.93. The van der Waals surface area contributed by atoms with Gasteiger partial charge in [-0.1, -0.05) is 25.1 Å². The molecule has 19 heavy (non-hydrogen) atoms. The van der Waals surface area contributed by atoms with Gasteiger partial charge in [0.2, 0.25) is 0 Å². The number of nitrogens with two attached hydrogens (primary N) is 1. The first kappa shape index (κ1) is 12.6. The van der Waals surface area contributed by atoms with Crippen molar-refractivity contribution in [2.75, 3.05) is 18.1 Å². The molecule has 0 aromatic heterocycles. The summed E-state index contributed by atoms with van der Waals surface area (Å²) in [6, 6.07) is 8.02. The third kappa shape index (κ3) is 2.26. The second kappa shape index (κ2) is 4.94. The van der Waals surface area contributed by atoms with E-state index in [0.29, 0.717) is 13.2 Å². The molecule has 1 saturated heterocycles. The average molecular weight is 260 g/mol. The summed E-state index contributed by atoms with van der Waals surface area (Å²) < 4.78 is 5.60. The quantitative estimate of drug-likeness (QED) is 0.828. The third-order valence-electron chi connectivity index (χ3n) is 4.08. The van der Waals surface area contributed by atoms with Gasteiger partial charge in [0.05, 0.1) is 0 Å². The largest absolute Gasteiger partial charge is 0.368 e. The predicted molar refractivity (Wildman–Crippen MR) is 74.0 cm³/mol. The first-order valence-electron chi connectivity index (χ1n) is 6.93. The van der Waals surface area contributed by atoms with Gasteiger partial charge >= 0.3 is 0 Å². The molecule has 1 amide bonds. The van der Waals surface area contributed by atoms with Crippen molar-refractivity contribution in [3.63, 3.8) is 0 Å². The van der Waals surface area contributed by atoms with E-state index in [9.17, 15) is 4.79 Å². The molecule has 102 valence electrons. The summed E-state index contributed by atoms with van der Waals surface area (Å²) in [5.41, 5.74) is 8.23. The number of hydrogen-bond donors (Lipinski definition) is 1. The highest BCUT2D eigenvalue weighted by Crippen LogP contribution is 2.30. The predicted octanol–water partition coefficient (Wildman–Crippen LogP) is 1.33. The Morgan fingerprint density at radius 1 is 1.42 bits per heavy atom. The molecule has 1 aromatic rings. The van der Waals surface area contributed by atoms with E-state index in [1.807, 2.05) is 29.2 Å². The fraction of sp³-hybridized carbons (Fsp3) is 0.533. The maximum absolute atomic E-state index is 12.7. The number of carbonyl (C=O) groups is 1. The monoisotopic (exact) mass is 260 g/mol. The maximum atomic E-state index is 12.7. The zero-order valence-electron chi connectivity index (χ0n) is 11.2. The lowest BCUT2D eigenvalue weighted by molar-refractivity contribution is -0.128. The van der Waals surface area contributed by atoms with Crippen molar-refractivity contribution in [2.24, 2.45) is 11.7 Å². The molecule has 2 N–H and O–H groups in total. The Hall–Kier alpha value is -1.39. The Morgan fingerprint density at radius 3 is 2.95 bits per heavy atom. The topological polar surface area (TPSA) is 55.6 Å². The van der Waals surface area contributed by atoms with Gasteiger partial charge < -0.3 is 15.4 Å². The molecule has 0 bridgehead atoms. The number of fused-ring (bicyclic) bond motifs is 1. The van der Waals surface area contributed by atoms with Gasteiger partial charge in [-0.3, -0.25) is 4.79 Å². The molecule has 2 aliphatic heterocycles. The number of benzene rings is 1. The fourth-order valence-electron chi connectivity index (χ4n) is 3.00. The van der Waals surface area contributed by atoms with E-state index in [4.69, 9.17) is 10.5 Å². The number of rotatable bonds is 1. The van der Waals surface area contributed by atoms with Crippen molar-refractivity contribution in [1.29, 1.82) is 0 Å². The standard InChI is InChI=1S/C15H20N2O2/c1-10-6-7-19-14(10)15(18)17-9-12(16)8-11-4-2-3-5-13(11)17/h2-5,10,12,14H,6-9,16H2,1H3. The van der Waals surface area contributed by atoms with Crippen LogP contribution in [-0.4, -0.2) is 31.2 Å². The van der Waals surface area contributed by atoms with E-state index in [0.717, 1.165) is 24.1 Å². The molecular formula is C15H20N2O2. The van der Waals surface area contributed by atoms with Crippen molar-refractivity contribution in [3.05, 3.63) is 29.8 Å². The molecule has 2 heterocycles. The molecule has 1 fully saturated rings. The minimum absolute atomic E-state index is 0.00978. The lowest BCUT2D eigenvalue weighted by Crippen LogP contribution is -2.50. The molecule has 0 aliphatic carbocycles. The van der Waals surface area contributed by atoms with Crippen molar-refractivity contribution < 1.29 is 9.53 Å². The number of hydrogen-bond acceptors (Lipinski definition) is 3. The molecule has 0 spiro atoms. The van der Waals surface area contributed by atoms with Crippen LogP contribution >= 0.6 is 0 Å². The van der Waals surface area contributed by atoms with Crippen molar-refractivity contribution in [3.8, 4) is 0 Å². The van der Waals surface area contributed by atoms with E-state index in [-0.39, 0.29) is 24.0 Å². The van der Waals surface area contributed by atoms with Crippen LogP contribution in [0, 0.1) is 5.92 Å². The number of ether oxygens (including phenoxy) is 1. The molecule has 4 heteroatoms. The van der Waals surface area contributed by atoms with Gasteiger partial charge in [-0.25, -0.2) is 0 Å². The molecule has 2 aliphatic rings. The second-order valence-electron chi connectivity index (χ2n) is 5.60. The number of anilines is 1. The van der Waals surface area contributed by atoms with Gasteiger partial charge in [0.1, 0.15) is 6.10 Å². The van der Waals surface area contributed by atoms with E-state index in [1.165, 1.54) is 0 Å². The van der Waals surface area contributed by atoms with E-state index in [1.54, 1.807) is 0 Å². The summed E-state index contributed by atoms with van der Waals surface area (Å²) in [4.78, 5) is 14.5. The SMILES string of the molecule is CC1CCOC1C(=O)N1CC(N)Cc2ccccc21. The molecular weight excluding hydrogens is 240 g/mol. The number of nitrogens with zero attached hydrogens (tertiary/aromatic N) is 1. The fourth-order valence-corrected chi connectivity index (χ4v) is 3.00. The number of amides is 1. The molecule has 3 rings (SSSR count). The van der Waals surface area contributed by atoms with Crippen LogP contribution in [0.3, 0.4) is 0 Å². The summed E-state index contributed by atoms with van der Waals surface area (Å²) in [6.45, 7) is 3.34. The van der Waals surface area contributed by atoms with Crippen molar-refractivity contribution in [1.82, 2.24) is 0 Å².